The van der Waals surface area contributed by atoms with Crippen molar-refractivity contribution >= 4 is 17.8 Å². The van der Waals surface area contributed by atoms with Gasteiger partial charge in [0.15, 0.2) is 0 Å². The highest BCUT2D eigenvalue weighted by Gasteiger charge is 2.51. The Morgan fingerprint density at radius 3 is 2.48 bits per heavy atom. The smallest absolute Gasteiger partial charge is 0.330 e. The van der Waals surface area contributed by atoms with E-state index >= 15 is 0 Å². The largest absolute Gasteiger partial charge is 0.337 e. The summed E-state index contributed by atoms with van der Waals surface area (Å²) >= 11 is 0. The molecular weight excluding hydrogens is 272 g/mol. The van der Waals surface area contributed by atoms with Gasteiger partial charge < -0.3 is 4.57 Å². The third-order valence-electron chi connectivity index (χ3n) is 4.12. The van der Waals surface area contributed by atoms with Crippen molar-refractivity contribution in [1.82, 2.24) is 19.8 Å². The summed E-state index contributed by atoms with van der Waals surface area (Å²) in [7, 11) is 0. The van der Waals surface area contributed by atoms with Gasteiger partial charge >= 0.3 is 6.03 Å². The Hall–Kier alpha value is -2.18. The summed E-state index contributed by atoms with van der Waals surface area (Å²) in [5, 5.41) is 2.30. The highest BCUT2D eigenvalue weighted by Crippen LogP contribution is 2.32. The van der Waals surface area contributed by atoms with Gasteiger partial charge in [-0.05, 0) is 19.3 Å². The molecule has 0 aromatic carbocycles. The molecule has 0 saturated carbocycles. The Kier molecular flexibility index (Phi) is 4.40. The molecule has 1 fully saturated rings. The summed E-state index contributed by atoms with van der Waals surface area (Å²) in [6, 6.07) is -0.617. The van der Waals surface area contributed by atoms with Crippen LogP contribution >= 0.6 is 0 Å². The molecule has 2 heterocycles. The van der Waals surface area contributed by atoms with Crippen molar-refractivity contribution in [3.05, 3.63) is 18.7 Å². The number of imidazole rings is 1. The van der Waals surface area contributed by atoms with Gasteiger partial charge in [0.1, 0.15) is 5.41 Å². The summed E-state index contributed by atoms with van der Waals surface area (Å²) in [5.74, 6) is -0.861. The molecule has 7 nitrogen and oxygen atoms in total. The Morgan fingerprint density at radius 2 is 1.90 bits per heavy atom. The van der Waals surface area contributed by atoms with E-state index in [4.69, 9.17) is 0 Å². The zero-order valence-electron chi connectivity index (χ0n) is 12.3. The van der Waals surface area contributed by atoms with Crippen LogP contribution in [-0.4, -0.2) is 38.8 Å². The first-order valence-electron chi connectivity index (χ1n) is 7.18. The molecule has 0 aliphatic carbocycles. The van der Waals surface area contributed by atoms with Crippen LogP contribution in [0.15, 0.2) is 18.7 Å². The van der Waals surface area contributed by atoms with Gasteiger partial charge in [0.25, 0.3) is 0 Å². The van der Waals surface area contributed by atoms with E-state index in [-0.39, 0.29) is 12.5 Å². The third-order valence-corrected chi connectivity index (χ3v) is 4.12. The van der Waals surface area contributed by atoms with Crippen molar-refractivity contribution in [1.29, 1.82) is 0 Å². The first-order chi connectivity index (χ1) is 10.0. The number of barbiturate groups is 1. The van der Waals surface area contributed by atoms with Gasteiger partial charge in [-0.1, -0.05) is 13.8 Å². The van der Waals surface area contributed by atoms with E-state index in [0.29, 0.717) is 25.8 Å². The molecule has 0 atom stereocenters. The van der Waals surface area contributed by atoms with Gasteiger partial charge in [0.05, 0.1) is 6.33 Å². The molecule has 0 unspecified atom stereocenters. The number of urea groups is 1. The molecule has 4 amide bonds. The standard InChI is InChI=1S/C14H20N4O3/c1-3-14(4-2)11(19)16-13(21)18(12(14)20)8-5-7-17-9-6-15-10-17/h6,9-10H,3-5,7-8H2,1-2H3,(H,16,19,21). The lowest BCUT2D eigenvalue weighted by Crippen LogP contribution is -2.63. The van der Waals surface area contributed by atoms with Crippen LogP contribution in [0.4, 0.5) is 4.79 Å². The fraction of sp³-hybridized carbons (Fsp3) is 0.571. The number of carbonyl (C=O) groups excluding carboxylic acids is 3. The van der Waals surface area contributed by atoms with E-state index in [9.17, 15) is 14.4 Å². The van der Waals surface area contributed by atoms with Crippen LogP contribution in [-0.2, 0) is 16.1 Å². The second kappa shape index (κ2) is 6.07. The van der Waals surface area contributed by atoms with Gasteiger partial charge in [-0.3, -0.25) is 19.8 Å². The number of hydrogen-bond donors (Lipinski definition) is 1. The first-order valence-corrected chi connectivity index (χ1v) is 7.18. The van der Waals surface area contributed by atoms with E-state index in [0.717, 1.165) is 4.90 Å². The number of nitrogens with zero attached hydrogens (tertiary/aromatic N) is 3. The Labute approximate surface area is 123 Å². The summed E-state index contributed by atoms with van der Waals surface area (Å²) in [4.78, 5) is 41.5. The molecule has 1 aliphatic rings. The van der Waals surface area contributed by atoms with Gasteiger partial charge in [-0.25, -0.2) is 9.78 Å². The average molecular weight is 292 g/mol. The Bertz CT molecular complexity index is 534. The summed E-state index contributed by atoms with van der Waals surface area (Å²) in [5.41, 5.74) is -1.11. The lowest BCUT2D eigenvalue weighted by Gasteiger charge is -2.38. The van der Waals surface area contributed by atoms with Crippen molar-refractivity contribution in [2.75, 3.05) is 6.54 Å². The summed E-state index contributed by atoms with van der Waals surface area (Å²) < 4.78 is 1.88. The maximum absolute atomic E-state index is 12.5. The first kappa shape index (κ1) is 15.2. The molecule has 7 heteroatoms. The summed E-state index contributed by atoms with van der Waals surface area (Å²) in [6.07, 6.45) is 6.58. The quantitative estimate of drug-likeness (QED) is 0.797. The summed E-state index contributed by atoms with van der Waals surface area (Å²) in [6.45, 7) is 4.54. The van der Waals surface area contributed by atoms with Crippen LogP contribution in [0.5, 0.6) is 0 Å². The number of amides is 4. The van der Waals surface area contributed by atoms with E-state index in [1.165, 1.54) is 0 Å². The fourth-order valence-electron chi connectivity index (χ4n) is 2.64. The zero-order chi connectivity index (χ0) is 15.5. The minimum Gasteiger partial charge on any atom is -0.337 e. The predicted octanol–water partition coefficient (Wildman–Crippen LogP) is 1.16. The molecule has 1 aromatic rings. The van der Waals surface area contributed by atoms with Crippen LogP contribution in [0.2, 0.25) is 0 Å². The number of imide groups is 2. The number of nitrogens with one attached hydrogen (secondary N) is 1. The molecule has 114 valence electrons. The molecule has 2 rings (SSSR count). The van der Waals surface area contributed by atoms with Crippen LogP contribution in [0.25, 0.3) is 0 Å². The minimum absolute atomic E-state index is 0.290. The molecule has 0 spiro atoms. The number of hydrogen-bond acceptors (Lipinski definition) is 4. The molecule has 21 heavy (non-hydrogen) atoms. The van der Waals surface area contributed by atoms with Gasteiger partial charge in [-0.2, -0.15) is 0 Å². The molecule has 1 aliphatic heterocycles. The average Bonchev–Trinajstić information content (AvgIpc) is 2.97. The topological polar surface area (TPSA) is 84.3 Å². The molecule has 1 N–H and O–H groups in total. The van der Waals surface area contributed by atoms with Crippen molar-refractivity contribution in [3.63, 3.8) is 0 Å². The number of carbonyl (C=O) groups is 3. The van der Waals surface area contributed by atoms with Gasteiger partial charge in [0, 0.05) is 25.5 Å². The SMILES string of the molecule is CCC1(CC)C(=O)NC(=O)N(CCCn2ccnc2)C1=O. The van der Waals surface area contributed by atoms with E-state index < -0.39 is 17.4 Å². The maximum atomic E-state index is 12.5. The highest BCUT2D eigenvalue weighted by atomic mass is 16.2. The third kappa shape index (κ3) is 2.68. The lowest BCUT2D eigenvalue weighted by atomic mass is 9.78. The molecule has 1 aromatic heterocycles. The van der Waals surface area contributed by atoms with Crippen molar-refractivity contribution < 1.29 is 14.4 Å². The number of rotatable bonds is 6. The van der Waals surface area contributed by atoms with E-state index in [1.54, 1.807) is 26.4 Å². The number of aromatic nitrogens is 2. The van der Waals surface area contributed by atoms with Crippen molar-refractivity contribution in [2.45, 2.75) is 39.7 Å². The molecule has 0 bridgehead atoms. The number of aryl methyl sites for hydroxylation is 1. The van der Waals surface area contributed by atoms with Gasteiger partial charge in [-0.15, -0.1) is 0 Å². The fourth-order valence-corrected chi connectivity index (χ4v) is 2.64. The zero-order valence-corrected chi connectivity index (χ0v) is 12.3. The predicted molar refractivity (Wildman–Crippen MR) is 75.1 cm³/mol. The monoisotopic (exact) mass is 292 g/mol. The minimum atomic E-state index is -1.11. The van der Waals surface area contributed by atoms with Crippen LogP contribution in [0.1, 0.15) is 33.1 Å². The van der Waals surface area contributed by atoms with Crippen molar-refractivity contribution in [2.24, 2.45) is 5.41 Å². The molecule has 0 radical (unpaired) electrons. The van der Waals surface area contributed by atoms with Crippen LogP contribution in [0, 0.1) is 5.41 Å². The second-order valence-corrected chi connectivity index (χ2v) is 5.16. The Morgan fingerprint density at radius 1 is 1.19 bits per heavy atom. The normalized spacial score (nSPS) is 18.0. The lowest BCUT2D eigenvalue weighted by molar-refractivity contribution is -0.152. The highest BCUT2D eigenvalue weighted by molar-refractivity contribution is 6.19. The molecule has 1 saturated heterocycles. The second-order valence-electron chi connectivity index (χ2n) is 5.16. The maximum Gasteiger partial charge on any atom is 0.330 e. The van der Waals surface area contributed by atoms with E-state index in [1.807, 2.05) is 10.8 Å². The van der Waals surface area contributed by atoms with Gasteiger partial charge in [0.2, 0.25) is 11.8 Å². The Balaban J connectivity index is 2.05. The van der Waals surface area contributed by atoms with Crippen LogP contribution in [0.3, 0.4) is 0 Å². The van der Waals surface area contributed by atoms with Crippen LogP contribution < -0.4 is 5.32 Å². The molecular formula is C14H20N4O3. The van der Waals surface area contributed by atoms with E-state index in [2.05, 4.69) is 10.3 Å². The van der Waals surface area contributed by atoms with Crippen molar-refractivity contribution in [3.8, 4) is 0 Å².